The summed E-state index contributed by atoms with van der Waals surface area (Å²) in [6.07, 6.45) is 5.57. The van der Waals surface area contributed by atoms with E-state index in [1.54, 1.807) is 7.11 Å². The molecular formula is C23H28N2O2. The van der Waals surface area contributed by atoms with E-state index in [-0.39, 0.29) is 5.91 Å². The first-order valence-corrected chi connectivity index (χ1v) is 10.0. The van der Waals surface area contributed by atoms with Gasteiger partial charge in [-0.25, -0.2) is 0 Å². The minimum Gasteiger partial charge on any atom is -0.497 e. The Labute approximate surface area is 161 Å². The normalized spacial score (nSPS) is 19.0. The summed E-state index contributed by atoms with van der Waals surface area (Å²) < 4.78 is 5.36. The maximum Gasteiger partial charge on any atom is 0.253 e. The molecule has 1 fully saturated rings. The molecular weight excluding hydrogens is 336 g/mol. The number of methoxy groups -OCH3 is 1. The summed E-state index contributed by atoms with van der Waals surface area (Å²) in [4.78, 5) is 14.4. The van der Waals surface area contributed by atoms with Crippen LogP contribution in [0.3, 0.4) is 0 Å². The van der Waals surface area contributed by atoms with Crippen LogP contribution in [0.2, 0.25) is 0 Å². The molecule has 0 aromatic heterocycles. The largest absolute Gasteiger partial charge is 0.497 e. The summed E-state index contributed by atoms with van der Waals surface area (Å²) in [5.41, 5.74) is 4.87. The van der Waals surface area contributed by atoms with Gasteiger partial charge in [0.25, 0.3) is 5.91 Å². The second kappa shape index (κ2) is 8.13. The molecule has 1 atom stereocenters. The molecule has 4 nitrogen and oxygen atoms in total. The Morgan fingerprint density at radius 1 is 1.11 bits per heavy atom. The number of aryl methyl sites for hydroxylation is 1. The summed E-state index contributed by atoms with van der Waals surface area (Å²) in [6.45, 7) is 2.63. The molecule has 1 aliphatic heterocycles. The molecule has 1 amide bonds. The summed E-state index contributed by atoms with van der Waals surface area (Å²) in [7, 11) is 1.72. The molecule has 2 aromatic carbocycles. The van der Waals surface area contributed by atoms with E-state index in [1.807, 2.05) is 17.0 Å². The van der Waals surface area contributed by atoms with E-state index >= 15 is 0 Å². The zero-order valence-electron chi connectivity index (χ0n) is 16.0. The Balaban J connectivity index is 1.33. The highest BCUT2D eigenvalue weighted by Crippen LogP contribution is 2.25. The number of fused-ring (bicyclic) bond motifs is 1. The molecule has 0 spiro atoms. The van der Waals surface area contributed by atoms with Crippen LogP contribution >= 0.6 is 0 Å². The number of rotatable bonds is 5. The smallest absolute Gasteiger partial charge is 0.253 e. The van der Waals surface area contributed by atoms with Gasteiger partial charge in [0, 0.05) is 31.2 Å². The van der Waals surface area contributed by atoms with Crippen molar-refractivity contribution in [3.05, 3.63) is 64.7 Å². The maximum atomic E-state index is 12.4. The molecule has 0 radical (unpaired) electrons. The summed E-state index contributed by atoms with van der Waals surface area (Å²) in [5, 5.41) is 3.68. The lowest BCUT2D eigenvalue weighted by atomic mass is 9.88. The van der Waals surface area contributed by atoms with Crippen molar-refractivity contribution >= 4 is 5.91 Å². The lowest BCUT2D eigenvalue weighted by Gasteiger charge is -2.26. The van der Waals surface area contributed by atoms with Crippen molar-refractivity contribution in [2.45, 2.75) is 44.7 Å². The zero-order valence-corrected chi connectivity index (χ0v) is 16.0. The van der Waals surface area contributed by atoms with E-state index in [9.17, 15) is 4.79 Å². The van der Waals surface area contributed by atoms with E-state index in [4.69, 9.17) is 4.74 Å². The Kier molecular flexibility index (Phi) is 5.44. The Morgan fingerprint density at radius 3 is 2.63 bits per heavy atom. The summed E-state index contributed by atoms with van der Waals surface area (Å²) in [5.74, 6) is 1.11. The monoisotopic (exact) mass is 364 g/mol. The van der Waals surface area contributed by atoms with Crippen LogP contribution in [-0.4, -0.2) is 37.0 Å². The molecule has 0 bridgehead atoms. The van der Waals surface area contributed by atoms with Gasteiger partial charge in [0.05, 0.1) is 7.11 Å². The van der Waals surface area contributed by atoms with Gasteiger partial charge < -0.3 is 15.0 Å². The van der Waals surface area contributed by atoms with Crippen molar-refractivity contribution < 1.29 is 9.53 Å². The number of amides is 1. The number of benzene rings is 2. The van der Waals surface area contributed by atoms with Crippen LogP contribution in [-0.2, 0) is 19.4 Å². The van der Waals surface area contributed by atoms with Crippen molar-refractivity contribution in [3.8, 4) is 5.75 Å². The first kappa shape index (κ1) is 18.1. The molecule has 27 heavy (non-hydrogen) atoms. The van der Waals surface area contributed by atoms with Gasteiger partial charge in [0.2, 0.25) is 0 Å². The van der Waals surface area contributed by atoms with Crippen molar-refractivity contribution in [2.24, 2.45) is 0 Å². The van der Waals surface area contributed by atoms with Gasteiger partial charge in [-0.2, -0.15) is 0 Å². The Hall–Kier alpha value is -2.33. The Morgan fingerprint density at radius 2 is 1.89 bits per heavy atom. The second-order valence-corrected chi connectivity index (χ2v) is 7.65. The highest BCUT2D eigenvalue weighted by Gasteiger charge is 2.20. The van der Waals surface area contributed by atoms with E-state index in [0.717, 1.165) is 63.1 Å². The number of hydrogen-bond donors (Lipinski definition) is 1. The highest BCUT2D eigenvalue weighted by atomic mass is 16.5. The van der Waals surface area contributed by atoms with Crippen LogP contribution in [0.1, 0.15) is 46.3 Å². The average molecular weight is 364 g/mol. The molecule has 1 aliphatic carbocycles. The van der Waals surface area contributed by atoms with Gasteiger partial charge in [0.1, 0.15) is 5.75 Å². The molecule has 0 unspecified atom stereocenters. The van der Waals surface area contributed by atoms with Gasteiger partial charge >= 0.3 is 0 Å². The number of carbonyl (C=O) groups is 1. The van der Waals surface area contributed by atoms with Crippen LogP contribution in [0.15, 0.2) is 42.5 Å². The molecule has 2 aromatic rings. The molecule has 1 saturated heterocycles. The van der Waals surface area contributed by atoms with Crippen molar-refractivity contribution in [1.82, 2.24) is 10.2 Å². The molecule has 0 saturated carbocycles. The number of nitrogens with zero attached hydrogens (tertiary/aromatic N) is 1. The third-order valence-corrected chi connectivity index (χ3v) is 5.83. The molecule has 1 heterocycles. The predicted octanol–water partition coefficient (Wildman–Crippen LogP) is 3.58. The number of carbonyl (C=O) groups excluding carboxylic acids is 1. The molecule has 142 valence electrons. The van der Waals surface area contributed by atoms with E-state index in [1.165, 1.54) is 16.7 Å². The maximum absolute atomic E-state index is 12.4. The van der Waals surface area contributed by atoms with Crippen LogP contribution < -0.4 is 10.1 Å². The van der Waals surface area contributed by atoms with Gasteiger partial charge in [-0.1, -0.05) is 18.2 Å². The van der Waals surface area contributed by atoms with Crippen molar-refractivity contribution in [3.63, 3.8) is 0 Å². The van der Waals surface area contributed by atoms with Crippen LogP contribution in [0.5, 0.6) is 5.75 Å². The van der Waals surface area contributed by atoms with Crippen LogP contribution in [0, 0.1) is 0 Å². The first-order chi connectivity index (χ1) is 13.2. The van der Waals surface area contributed by atoms with E-state index in [2.05, 4.69) is 35.6 Å². The summed E-state index contributed by atoms with van der Waals surface area (Å²) in [6, 6.07) is 15.0. The number of nitrogens with one attached hydrogen (secondary N) is 1. The van der Waals surface area contributed by atoms with Crippen molar-refractivity contribution in [1.29, 1.82) is 0 Å². The topological polar surface area (TPSA) is 41.6 Å². The minimum absolute atomic E-state index is 0.171. The molecule has 4 rings (SSSR count). The predicted molar refractivity (Wildman–Crippen MR) is 107 cm³/mol. The average Bonchev–Trinajstić information content (AvgIpc) is 3.26. The first-order valence-electron chi connectivity index (χ1n) is 10.0. The van der Waals surface area contributed by atoms with Gasteiger partial charge in [-0.3, -0.25) is 4.79 Å². The fourth-order valence-corrected chi connectivity index (χ4v) is 4.16. The molecule has 2 aliphatic rings. The summed E-state index contributed by atoms with van der Waals surface area (Å²) >= 11 is 0. The zero-order chi connectivity index (χ0) is 18.6. The number of hydrogen-bond acceptors (Lipinski definition) is 3. The SMILES string of the molecule is COc1ccc2c(c1)C[C@@H](NCc1ccc(C(=O)N3CCCC3)cc1)CC2. The quantitative estimate of drug-likeness (QED) is 0.882. The van der Waals surface area contributed by atoms with Crippen molar-refractivity contribution in [2.75, 3.05) is 20.2 Å². The lowest BCUT2D eigenvalue weighted by molar-refractivity contribution is 0.0793. The minimum atomic E-state index is 0.171. The fraction of sp³-hybridized carbons (Fsp3) is 0.435. The number of likely N-dealkylation sites (tertiary alicyclic amines) is 1. The third-order valence-electron chi connectivity index (χ3n) is 5.83. The van der Waals surface area contributed by atoms with Gasteiger partial charge in [-0.15, -0.1) is 0 Å². The number of ether oxygens (including phenoxy) is 1. The molecule has 1 N–H and O–H groups in total. The standard InChI is InChI=1S/C23H28N2O2/c1-27-22-11-9-18-8-10-21(14-20(18)15-22)24-16-17-4-6-19(7-5-17)23(26)25-12-2-3-13-25/h4-7,9,11,15,21,24H,2-3,8,10,12-14,16H2,1H3/t21-/m0/s1. The third kappa shape index (κ3) is 4.16. The van der Waals surface area contributed by atoms with Crippen LogP contribution in [0.4, 0.5) is 0 Å². The highest BCUT2D eigenvalue weighted by molar-refractivity contribution is 5.94. The molecule has 4 heteroatoms. The van der Waals surface area contributed by atoms with Crippen LogP contribution in [0.25, 0.3) is 0 Å². The fourth-order valence-electron chi connectivity index (χ4n) is 4.16. The lowest BCUT2D eigenvalue weighted by Crippen LogP contribution is -2.34. The van der Waals surface area contributed by atoms with Gasteiger partial charge in [0.15, 0.2) is 0 Å². The Bertz CT molecular complexity index is 795. The second-order valence-electron chi connectivity index (χ2n) is 7.65. The van der Waals surface area contributed by atoms with Gasteiger partial charge in [-0.05, 0) is 73.1 Å². The van der Waals surface area contributed by atoms with E-state index in [0.29, 0.717) is 6.04 Å². The van der Waals surface area contributed by atoms with E-state index < -0.39 is 0 Å².